The lowest BCUT2D eigenvalue weighted by Crippen LogP contribution is -2.00. The summed E-state index contributed by atoms with van der Waals surface area (Å²) in [5, 5.41) is 4.55. The van der Waals surface area contributed by atoms with Crippen LogP contribution in [0.5, 0.6) is 0 Å². The average Bonchev–Trinajstić information content (AvgIpc) is 3.76. The van der Waals surface area contributed by atoms with Crippen LogP contribution in [0, 0.1) is 0 Å². The molecule has 0 N–H and O–H groups in total. The van der Waals surface area contributed by atoms with Crippen LogP contribution in [0.4, 0.5) is 0 Å². The molecule has 7 aromatic carbocycles. The van der Waals surface area contributed by atoms with Crippen LogP contribution in [-0.2, 0) is 0 Å². The van der Waals surface area contributed by atoms with Crippen molar-refractivity contribution in [2.45, 2.75) is 0 Å². The fraction of sp³-hybridized carbons (Fsp3) is 0. The number of rotatable bonds is 5. The van der Waals surface area contributed by atoms with Crippen LogP contribution in [-0.4, -0.2) is 15.0 Å². The third kappa shape index (κ3) is 4.79. The largest absolute Gasteiger partial charge is 0.456 e. The normalized spacial score (nSPS) is 11.6. The van der Waals surface area contributed by atoms with E-state index in [0.29, 0.717) is 17.5 Å². The van der Waals surface area contributed by atoms with Gasteiger partial charge in [-0.15, -0.1) is 11.3 Å². The highest BCUT2D eigenvalue weighted by Gasteiger charge is 2.19. The molecule has 4 nitrogen and oxygen atoms in total. The number of nitrogens with zero attached hydrogens (tertiary/aromatic N) is 3. The van der Waals surface area contributed by atoms with E-state index in [1.165, 1.54) is 36.9 Å². The maximum Gasteiger partial charge on any atom is 0.164 e. The van der Waals surface area contributed by atoms with Crippen LogP contribution >= 0.6 is 11.3 Å². The van der Waals surface area contributed by atoms with Gasteiger partial charge >= 0.3 is 0 Å². The van der Waals surface area contributed by atoms with Gasteiger partial charge in [-0.2, -0.15) is 0 Å². The monoisotopic (exact) mass is 657 g/mol. The first-order valence-corrected chi connectivity index (χ1v) is 17.4. The van der Waals surface area contributed by atoms with Crippen LogP contribution in [0.15, 0.2) is 168 Å². The summed E-state index contributed by atoms with van der Waals surface area (Å²) in [6, 6.07) is 56.8. The molecule has 0 radical (unpaired) electrons. The lowest BCUT2D eigenvalue weighted by molar-refractivity contribution is 0.669. The van der Waals surface area contributed by atoms with Crippen molar-refractivity contribution in [3.8, 4) is 56.4 Å². The molecule has 0 unspecified atom stereocenters. The molecule has 3 heterocycles. The van der Waals surface area contributed by atoms with Crippen LogP contribution < -0.4 is 0 Å². The van der Waals surface area contributed by atoms with E-state index < -0.39 is 0 Å². The maximum absolute atomic E-state index is 6.63. The molecule has 0 spiro atoms. The summed E-state index contributed by atoms with van der Waals surface area (Å²) in [5.41, 5.74) is 9.10. The molecule has 0 fully saturated rings. The lowest BCUT2D eigenvalue weighted by atomic mass is 9.94. The van der Waals surface area contributed by atoms with E-state index in [1.54, 1.807) is 0 Å². The first-order valence-electron chi connectivity index (χ1n) is 16.6. The predicted octanol–water partition coefficient (Wildman–Crippen LogP) is 12.5. The minimum absolute atomic E-state index is 0.608. The summed E-state index contributed by atoms with van der Waals surface area (Å²) in [7, 11) is 0. The quantitative estimate of drug-likeness (QED) is 0.185. The van der Waals surface area contributed by atoms with Gasteiger partial charge in [-0.1, -0.05) is 127 Å². The number of benzene rings is 7. The predicted molar refractivity (Wildman–Crippen MR) is 207 cm³/mol. The summed E-state index contributed by atoms with van der Waals surface area (Å²) in [4.78, 5) is 15.0. The topological polar surface area (TPSA) is 51.8 Å². The fourth-order valence-corrected chi connectivity index (χ4v) is 8.16. The first-order chi connectivity index (χ1) is 24.8. The molecule has 5 heteroatoms. The van der Waals surface area contributed by atoms with E-state index in [-0.39, 0.29) is 0 Å². The van der Waals surface area contributed by atoms with Gasteiger partial charge in [0.25, 0.3) is 0 Å². The van der Waals surface area contributed by atoms with E-state index >= 15 is 0 Å². The minimum Gasteiger partial charge on any atom is -0.456 e. The van der Waals surface area contributed by atoms with Gasteiger partial charge in [-0.25, -0.2) is 15.0 Å². The Morgan fingerprint density at radius 1 is 0.360 bits per heavy atom. The van der Waals surface area contributed by atoms with Crippen molar-refractivity contribution in [3.05, 3.63) is 164 Å². The van der Waals surface area contributed by atoms with E-state index in [9.17, 15) is 0 Å². The maximum atomic E-state index is 6.63. The number of thiophene rings is 1. The molecule has 0 saturated carbocycles. The minimum atomic E-state index is 0.608. The van der Waals surface area contributed by atoms with Crippen LogP contribution in [0.25, 0.3) is 98.5 Å². The molecule has 3 aromatic heterocycles. The molecule has 0 atom stereocenters. The summed E-state index contributed by atoms with van der Waals surface area (Å²) < 4.78 is 9.19. The molecule has 0 aliphatic heterocycles. The Hall–Kier alpha value is -6.43. The Kier molecular flexibility index (Phi) is 6.64. The molecule has 0 amide bonds. The van der Waals surface area contributed by atoms with Gasteiger partial charge in [-0.3, -0.25) is 0 Å². The van der Waals surface area contributed by atoms with Crippen LogP contribution in [0.1, 0.15) is 0 Å². The number of hydrogen-bond acceptors (Lipinski definition) is 5. The molecule has 0 aliphatic rings. The zero-order valence-electron chi connectivity index (χ0n) is 26.7. The van der Waals surface area contributed by atoms with Gasteiger partial charge in [0, 0.05) is 47.6 Å². The van der Waals surface area contributed by atoms with Crippen LogP contribution in [0.3, 0.4) is 0 Å². The molecule has 10 aromatic rings. The molecule has 234 valence electrons. The zero-order valence-corrected chi connectivity index (χ0v) is 27.6. The van der Waals surface area contributed by atoms with Crippen molar-refractivity contribution < 1.29 is 4.42 Å². The molecular weight excluding hydrogens is 631 g/mol. The van der Waals surface area contributed by atoms with E-state index in [4.69, 9.17) is 19.4 Å². The van der Waals surface area contributed by atoms with Crippen molar-refractivity contribution in [3.63, 3.8) is 0 Å². The van der Waals surface area contributed by atoms with Crippen LogP contribution in [0.2, 0.25) is 0 Å². The number of furan rings is 1. The third-order valence-corrected chi connectivity index (χ3v) is 10.5. The highest BCUT2D eigenvalue weighted by Crippen LogP contribution is 2.44. The van der Waals surface area contributed by atoms with Gasteiger partial charge in [0.05, 0.1) is 0 Å². The Morgan fingerprint density at radius 3 is 1.72 bits per heavy atom. The summed E-state index contributed by atoms with van der Waals surface area (Å²) in [6.07, 6.45) is 0. The van der Waals surface area contributed by atoms with Crippen molar-refractivity contribution in [2.24, 2.45) is 0 Å². The Bertz CT molecular complexity index is 2800. The second-order valence-corrected chi connectivity index (χ2v) is 13.5. The fourth-order valence-electron chi connectivity index (χ4n) is 6.99. The number of hydrogen-bond donors (Lipinski definition) is 0. The standard InChI is InChI=1S/C45H27N3OS/c1-4-13-28(14-5-1)32-25-36(42-34-19-10-11-22-39(34)50-40(42)27-32)31-23-24-33-38(26-31)49-37-21-12-20-35(41(33)37)45-47-43(29-15-6-2-7-16-29)46-44(48-45)30-17-8-3-9-18-30/h1-27H. The highest BCUT2D eigenvalue weighted by molar-refractivity contribution is 7.26. The van der Waals surface area contributed by atoms with Gasteiger partial charge in [0.1, 0.15) is 11.2 Å². The van der Waals surface area contributed by atoms with E-state index in [1.807, 2.05) is 84.1 Å². The highest BCUT2D eigenvalue weighted by atomic mass is 32.1. The summed E-state index contributed by atoms with van der Waals surface area (Å²) >= 11 is 1.84. The second kappa shape index (κ2) is 11.6. The second-order valence-electron chi connectivity index (χ2n) is 12.4. The lowest BCUT2D eigenvalue weighted by Gasteiger charge is -2.10. The number of fused-ring (bicyclic) bond motifs is 6. The smallest absolute Gasteiger partial charge is 0.164 e. The van der Waals surface area contributed by atoms with E-state index in [0.717, 1.165) is 44.2 Å². The molecule has 50 heavy (non-hydrogen) atoms. The van der Waals surface area contributed by atoms with Gasteiger partial charge < -0.3 is 4.42 Å². The average molecular weight is 658 g/mol. The number of aromatic nitrogens is 3. The molecular formula is C45H27N3OS. The van der Waals surface area contributed by atoms with Crippen molar-refractivity contribution in [2.75, 3.05) is 0 Å². The van der Waals surface area contributed by atoms with Crippen molar-refractivity contribution in [1.82, 2.24) is 15.0 Å². The third-order valence-electron chi connectivity index (χ3n) is 9.33. The van der Waals surface area contributed by atoms with Crippen molar-refractivity contribution >= 4 is 53.4 Å². The summed E-state index contributed by atoms with van der Waals surface area (Å²) in [6.45, 7) is 0. The van der Waals surface area contributed by atoms with Gasteiger partial charge in [-0.05, 0) is 58.7 Å². The van der Waals surface area contributed by atoms with Gasteiger partial charge in [0.2, 0.25) is 0 Å². The van der Waals surface area contributed by atoms with Crippen molar-refractivity contribution in [1.29, 1.82) is 0 Å². The SMILES string of the molecule is c1ccc(-c2cc(-c3ccc4c(c3)oc3cccc(-c5nc(-c6ccccc6)nc(-c6ccccc6)n5)c34)c3c(c2)sc2ccccc23)cc1. The Morgan fingerprint density at radius 2 is 1.00 bits per heavy atom. The van der Waals surface area contributed by atoms with E-state index in [2.05, 4.69) is 91.0 Å². The first kappa shape index (κ1) is 28.6. The van der Waals surface area contributed by atoms with Gasteiger partial charge in [0.15, 0.2) is 17.5 Å². The molecule has 0 bridgehead atoms. The molecule has 0 aliphatic carbocycles. The summed E-state index contributed by atoms with van der Waals surface area (Å²) in [5.74, 6) is 1.87. The molecule has 10 rings (SSSR count). The Labute approximate surface area is 292 Å². The molecule has 0 saturated heterocycles. The zero-order chi connectivity index (χ0) is 33.0. The Balaban J connectivity index is 1.18.